The summed E-state index contributed by atoms with van der Waals surface area (Å²) in [6.45, 7) is 4.03. The summed E-state index contributed by atoms with van der Waals surface area (Å²) in [5.74, 6) is 0.771. The van der Waals surface area contributed by atoms with Gasteiger partial charge < -0.3 is 0 Å². The molecular formula is C38H28N2. The number of aromatic nitrogens is 2. The minimum atomic E-state index is 0.771. The SMILES string of the molecule is Cc1cc(C)nc(-c2ccc(-c3ccc4c(-c5ccccc5)c5ccccc5c(-c5ccccc5)c4c3)cc2)n1. The molecule has 1 aromatic heterocycles. The van der Waals surface area contributed by atoms with Crippen LogP contribution < -0.4 is 0 Å². The first-order valence-electron chi connectivity index (χ1n) is 13.7. The van der Waals surface area contributed by atoms with Gasteiger partial charge in [-0.1, -0.05) is 121 Å². The van der Waals surface area contributed by atoms with Crippen LogP contribution in [0.3, 0.4) is 0 Å². The molecule has 0 spiro atoms. The zero-order chi connectivity index (χ0) is 27.1. The summed E-state index contributed by atoms with van der Waals surface area (Å²) in [5.41, 5.74) is 10.4. The van der Waals surface area contributed by atoms with E-state index in [1.54, 1.807) is 0 Å². The first kappa shape index (κ1) is 24.0. The molecule has 7 rings (SSSR count). The normalized spacial score (nSPS) is 11.2. The number of benzene rings is 6. The summed E-state index contributed by atoms with van der Waals surface area (Å²) in [6.07, 6.45) is 0. The van der Waals surface area contributed by atoms with E-state index in [1.165, 1.54) is 54.9 Å². The van der Waals surface area contributed by atoms with Gasteiger partial charge >= 0.3 is 0 Å². The average Bonchev–Trinajstić information content (AvgIpc) is 3.00. The quantitative estimate of drug-likeness (QED) is 0.219. The molecule has 40 heavy (non-hydrogen) atoms. The molecule has 2 nitrogen and oxygen atoms in total. The van der Waals surface area contributed by atoms with Crippen molar-refractivity contribution < 1.29 is 0 Å². The third kappa shape index (κ3) is 4.24. The molecule has 0 radical (unpaired) electrons. The van der Waals surface area contributed by atoms with Gasteiger partial charge in [0.05, 0.1) is 0 Å². The Labute approximate surface area is 234 Å². The van der Waals surface area contributed by atoms with Crippen molar-refractivity contribution in [3.05, 3.63) is 145 Å². The van der Waals surface area contributed by atoms with Gasteiger partial charge in [-0.15, -0.1) is 0 Å². The lowest BCUT2D eigenvalue weighted by Gasteiger charge is -2.18. The highest BCUT2D eigenvalue weighted by Crippen LogP contribution is 2.44. The summed E-state index contributed by atoms with van der Waals surface area (Å²) >= 11 is 0. The van der Waals surface area contributed by atoms with Gasteiger partial charge in [-0.25, -0.2) is 9.97 Å². The maximum Gasteiger partial charge on any atom is 0.159 e. The van der Waals surface area contributed by atoms with Crippen LogP contribution in [0.1, 0.15) is 11.4 Å². The van der Waals surface area contributed by atoms with Gasteiger partial charge in [-0.2, -0.15) is 0 Å². The fraction of sp³-hybridized carbons (Fsp3) is 0.0526. The smallest absolute Gasteiger partial charge is 0.159 e. The Balaban J connectivity index is 1.47. The second kappa shape index (κ2) is 9.91. The highest BCUT2D eigenvalue weighted by Gasteiger charge is 2.17. The van der Waals surface area contributed by atoms with Crippen LogP contribution in [0.4, 0.5) is 0 Å². The Bertz CT molecular complexity index is 1970. The topological polar surface area (TPSA) is 25.8 Å². The summed E-state index contributed by atoms with van der Waals surface area (Å²) in [7, 11) is 0. The molecule has 0 aliphatic heterocycles. The van der Waals surface area contributed by atoms with Crippen LogP contribution in [-0.2, 0) is 0 Å². The maximum absolute atomic E-state index is 4.65. The molecule has 0 saturated heterocycles. The van der Waals surface area contributed by atoms with Crippen LogP contribution in [-0.4, -0.2) is 9.97 Å². The molecule has 0 N–H and O–H groups in total. The molecule has 0 fully saturated rings. The van der Waals surface area contributed by atoms with E-state index in [-0.39, 0.29) is 0 Å². The van der Waals surface area contributed by atoms with Crippen LogP contribution in [0.15, 0.2) is 133 Å². The Morgan fingerprint density at radius 3 is 1.38 bits per heavy atom. The lowest BCUT2D eigenvalue weighted by molar-refractivity contribution is 1.06. The van der Waals surface area contributed by atoms with Gasteiger partial charge in [0.2, 0.25) is 0 Å². The number of fused-ring (bicyclic) bond motifs is 2. The van der Waals surface area contributed by atoms with Crippen molar-refractivity contribution in [3.8, 4) is 44.8 Å². The Morgan fingerprint density at radius 2 is 0.800 bits per heavy atom. The van der Waals surface area contributed by atoms with E-state index >= 15 is 0 Å². The van der Waals surface area contributed by atoms with Crippen molar-refractivity contribution in [1.82, 2.24) is 9.97 Å². The van der Waals surface area contributed by atoms with E-state index in [9.17, 15) is 0 Å². The summed E-state index contributed by atoms with van der Waals surface area (Å²) in [6, 6.07) is 47.8. The molecule has 2 heteroatoms. The zero-order valence-electron chi connectivity index (χ0n) is 22.6. The molecular weight excluding hydrogens is 484 g/mol. The predicted octanol–water partition coefficient (Wildman–Crippen LogP) is 10.1. The van der Waals surface area contributed by atoms with Crippen LogP contribution in [0.25, 0.3) is 66.3 Å². The summed E-state index contributed by atoms with van der Waals surface area (Å²) in [4.78, 5) is 9.30. The highest BCUT2D eigenvalue weighted by molar-refractivity contribution is 6.21. The fourth-order valence-corrected chi connectivity index (χ4v) is 5.86. The summed E-state index contributed by atoms with van der Waals surface area (Å²) in [5, 5.41) is 5.04. The third-order valence-electron chi connectivity index (χ3n) is 7.61. The van der Waals surface area contributed by atoms with E-state index in [1.807, 2.05) is 19.9 Å². The molecule has 0 amide bonds. The lowest BCUT2D eigenvalue weighted by Crippen LogP contribution is -1.94. The Hall–Kier alpha value is -5.08. The molecule has 0 aliphatic carbocycles. The van der Waals surface area contributed by atoms with E-state index < -0.39 is 0 Å². The molecule has 6 aromatic carbocycles. The van der Waals surface area contributed by atoms with Gasteiger partial charge in [0.1, 0.15) is 0 Å². The number of nitrogens with zero attached hydrogens (tertiary/aromatic N) is 2. The van der Waals surface area contributed by atoms with Crippen LogP contribution in [0.2, 0.25) is 0 Å². The van der Waals surface area contributed by atoms with Crippen LogP contribution >= 0.6 is 0 Å². The van der Waals surface area contributed by atoms with Crippen LogP contribution in [0.5, 0.6) is 0 Å². The van der Waals surface area contributed by atoms with Crippen molar-refractivity contribution in [2.75, 3.05) is 0 Å². The van der Waals surface area contributed by atoms with Crippen molar-refractivity contribution in [3.63, 3.8) is 0 Å². The predicted molar refractivity (Wildman–Crippen MR) is 168 cm³/mol. The molecule has 0 aliphatic rings. The molecule has 1 heterocycles. The van der Waals surface area contributed by atoms with Crippen molar-refractivity contribution in [2.45, 2.75) is 13.8 Å². The van der Waals surface area contributed by atoms with E-state index in [0.717, 1.165) is 22.8 Å². The number of aryl methyl sites for hydroxylation is 2. The van der Waals surface area contributed by atoms with Crippen molar-refractivity contribution >= 4 is 21.5 Å². The van der Waals surface area contributed by atoms with Gasteiger partial charge in [-0.3, -0.25) is 0 Å². The van der Waals surface area contributed by atoms with E-state index in [2.05, 4.69) is 137 Å². The van der Waals surface area contributed by atoms with E-state index in [0.29, 0.717) is 0 Å². The van der Waals surface area contributed by atoms with Gasteiger partial charge in [-0.05, 0) is 80.9 Å². The Morgan fingerprint density at radius 1 is 0.350 bits per heavy atom. The van der Waals surface area contributed by atoms with Gasteiger partial charge in [0.15, 0.2) is 5.82 Å². The van der Waals surface area contributed by atoms with Crippen LogP contribution in [0, 0.1) is 13.8 Å². The standard InChI is InChI=1S/C38H28N2/c1-25-23-26(2)40-38(39-25)30-19-17-27(18-20-30)31-21-22-34-35(24-31)37(29-13-7-4-8-14-29)33-16-10-9-15-32(33)36(34)28-11-5-3-6-12-28/h3-24H,1-2H3. The zero-order valence-corrected chi connectivity index (χ0v) is 22.6. The lowest BCUT2D eigenvalue weighted by atomic mass is 9.85. The third-order valence-corrected chi connectivity index (χ3v) is 7.61. The second-order valence-electron chi connectivity index (χ2n) is 10.3. The van der Waals surface area contributed by atoms with Crippen molar-refractivity contribution in [2.24, 2.45) is 0 Å². The average molecular weight is 513 g/mol. The van der Waals surface area contributed by atoms with E-state index in [4.69, 9.17) is 0 Å². The van der Waals surface area contributed by atoms with Crippen molar-refractivity contribution in [1.29, 1.82) is 0 Å². The van der Waals surface area contributed by atoms with Gasteiger partial charge in [0, 0.05) is 17.0 Å². The first-order valence-corrected chi connectivity index (χ1v) is 13.7. The Kier molecular flexibility index (Phi) is 5.94. The highest BCUT2D eigenvalue weighted by atomic mass is 14.9. The maximum atomic E-state index is 4.65. The first-order chi connectivity index (χ1) is 19.7. The second-order valence-corrected chi connectivity index (χ2v) is 10.3. The molecule has 0 saturated carbocycles. The van der Waals surface area contributed by atoms with Gasteiger partial charge in [0.25, 0.3) is 0 Å². The number of rotatable bonds is 4. The fourth-order valence-electron chi connectivity index (χ4n) is 5.86. The minimum Gasteiger partial charge on any atom is -0.233 e. The molecule has 0 bridgehead atoms. The molecule has 0 unspecified atom stereocenters. The number of hydrogen-bond donors (Lipinski definition) is 0. The minimum absolute atomic E-state index is 0.771. The molecule has 7 aromatic rings. The monoisotopic (exact) mass is 512 g/mol. The summed E-state index contributed by atoms with van der Waals surface area (Å²) < 4.78 is 0. The molecule has 190 valence electrons. The molecule has 0 atom stereocenters. The number of hydrogen-bond acceptors (Lipinski definition) is 2. The largest absolute Gasteiger partial charge is 0.233 e.